The lowest BCUT2D eigenvalue weighted by molar-refractivity contribution is 0.689. The molecule has 0 amide bonds. The Kier molecular flexibility index (Phi) is 1.77. The van der Waals surface area contributed by atoms with Crippen LogP contribution in [0.3, 0.4) is 0 Å². The van der Waals surface area contributed by atoms with E-state index < -0.39 is 0 Å². The maximum Gasteiger partial charge on any atom is 0.201 e. The summed E-state index contributed by atoms with van der Waals surface area (Å²) in [4.78, 5) is 7.40. The van der Waals surface area contributed by atoms with Crippen LogP contribution in [-0.4, -0.2) is 9.97 Å². The predicted molar refractivity (Wildman–Crippen MR) is 57.7 cm³/mol. The standard InChI is InChI=1S/C11H11ClN2/c12-11-13-9-6-5-7-3-1-2-4-8(7)10(9)14-11/h5-6H,1-4H2,(H,13,14). The number of halogens is 1. The summed E-state index contributed by atoms with van der Waals surface area (Å²) < 4.78 is 0. The Balaban J connectivity index is 2.33. The van der Waals surface area contributed by atoms with Gasteiger partial charge in [0.15, 0.2) is 0 Å². The van der Waals surface area contributed by atoms with Gasteiger partial charge in [-0.3, -0.25) is 0 Å². The van der Waals surface area contributed by atoms with E-state index in [0.717, 1.165) is 17.5 Å². The topological polar surface area (TPSA) is 28.7 Å². The van der Waals surface area contributed by atoms with Gasteiger partial charge < -0.3 is 4.98 Å². The molecule has 0 fully saturated rings. The Bertz CT molecular complexity index is 487. The predicted octanol–water partition coefficient (Wildman–Crippen LogP) is 3.10. The number of rotatable bonds is 0. The first kappa shape index (κ1) is 8.30. The molecule has 0 atom stereocenters. The lowest BCUT2D eigenvalue weighted by Gasteiger charge is -2.15. The van der Waals surface area contributed by atoms with Crippen LogP contribution >= 0.6 is 11.6 Å². The highest BCUT2D eigenvalue weighted by Crippen LogP contribution is 2.28. The van der Waals surface area contributed by atoms with Crippen LogP contribution < -0.4 is 0 Å². The molecule has 0 bridgehead atoms. The van der Waals surface area contributed by atoms with Crippen molar-refractivity contribution in [2.75, 3.05) is 0 Å². The van der Waals surface area contributed by atoms with Gasteiger partial charge in [-0.15, -0.1) is 0 Å². The Morgan fingerprint density at radius 3 is 3.00 bits per heavy atom. The SMILES string of the molecule is Clc1nc2c3c(ccc2[nH]1)CCCC3. The minimum Gasteiger partial charge on any atom is -0.329 e. The maximum absolute atomic E-state index is 5.86. The second kappa shape index (κ2) is 2.99. The molecular weight excluding hydrogens is 196 g/mol. The molecule has 0 unspecified atom stereocenters. The number of aryl methyl sites for hydroxylation is 2. The highest BCUT2D eigenvalue weighted by Gasteiger charge is 2.14. The minimum absolute atomic E-state index is 0.499. The zero-order chi connectivity index (χ0) is 9.54. The summed E-state index contributed by atoms with van der Waals surface area (Å²) in [5.41, 5.74) is 4.99. The number of benzene rings is 1. The molecule has 1 N–H and O–H groups in total. The summed E-state index contributed by atoms with van der Waals surface area (Å²) in [7, 11) is 0. The van der Waals surface area contributed by atoms with Gasteiger partial charge in [0.05, 0.1) is 11.0 Å². The molecule has 1 aliphatic rings. The highest BCUT2D eigenvalue weighted by molar-refractivity contribution is 6.29. The number of H-pyrrole nitrogens is 1. The molecule has 2 aromatic rings. The number of fused-ring (bicyclic) bond motifs is 3. The minimum atomic E-state index is 0.499. The van der Waals surface area contributed by atoms with Gasteiger partial charge in [-0.2, -0.15) is 0 Å². The Morgan fingerprint density at radius 1 is 1.21 bits per heavy atom. The van der Waals surface area contributed by atoms with Gasteiger partial charge in [-0.1, -0.05) is 6.07 Å². The molecule has 0 radical (unpaired) electrons. The van der Waals surface area contributed by atoms with Gasteiger partial charge in [0.2, 0.25) is 5.28 Å². The van der Waals surface area contributed by atoms with E-state index in [2.05, 4.69) is 22.1 Å². The number of nitrogens with zero attached hydrogens (tertiary/aromatic N) is 1. The van der Waals surface area contributed by atoms with Crippen molar-refractivity contribution < 1.29 is 0 Å². The molecule has 1 aromatic heterocycles. The number of nitrogens with one attached hydrogen (secondary N) is 1. The Hall–Kier alpha value is -1.02. The zero-order valence-corrected chi connectivity index (χ0v) is 8.56. The number of aromatic amines is 1. The number of imidazole rings is 1. The molecule has 0 saturated heterocycles. The van der Waals surface area contributed by atoms with Crippen molar-refractivity contribution in [3.8, 4) is 0 Å². The third-order valence-electron chi connectivity index (χ3n) is 2.95. The summed E-state index contributed by atoms with van der Waals surface area (Å²) in [5.74, 6) is 0. The van der Waals surface area contributed by atoms with Gasteiger partial charge in [0.1, 0.15) is 0 Å². The van der Waals surface area contributed by atoms with E-state index in [1.165, 1.54) is 30.4 Å². The fraction of sp³-hybridized carbons (Fsp3) is 0.364. The number of aromatic nitrogens is 2. The molecule has 0 aliphatic heterocycles. The van der Waals surface area contributed by atoms with E-state index >= 15 is 0 Å². The van der Waals surface area contributed by atoms with Crippen molar-refractivity contribution in [1.29, 1.82) is 0 Å². The number of hydrogen-bond donors (Lipinski definition) is 1. The first-order valence-corrected chi connectivity index (χ1v) is 5.38. The fourth-order valence-electron chi connectivity index (χ4n) is 2.27. The first-order valence-electron chi connectivity index (χ1n) is 5.00. The monoisotopic (exact) mass is 206 g/mol. The summed E-state index contributed by atoms with van der Waals surface area (Å²) in [6, 6.07) is 4.28. The molecule has 1 aliphatic carbocycles. The summed E-state index contributed by atoms with van der Waals surface area (Å²) in [6.07, 6.45) is 4.91. The summed E-state index contributed by atoms with van der Waals surface area (Å²) in [6.45, 7) is 0. The van der Waals surface area contributed by atoms with Gasteiger partial charge >= 0.3 is 0 Å². The number of hydrogen-bond acceptors (Lipinski definition) is 1. The average Bonchev–Trinajstić information content (AvgIpc) is 2.59. The van der Waals surface area contributed by atoms with Crippen molar-refractivity contribution in [3.63, 3.8) is 0 Å². The third-order valence-corrected chi connectivity index (χ3v) is 3.13. The molecule has 14 heavy (non-hydrogen) atoms. The smallest absolute Gasteiger partial charge is 0.201 e. The van der Waals surface area contributed by atoms with Gasteiger partial charge in [0, 0.05) is 0 Å². The summed E-state index contributed by atoms with van der Waals surface area (Å²) in [5, 5.41) is 0.499. The van der Waals surface area contributed by atoms with E-state index in [-0.39, 0.29) is 0 Å². The normalized spacial score (nSPS) is 15.8. The molecule has 72 valence electrons. The zero-order valence-electron chi connectivity index (χ0n) is 7.81. The van der Waals surface area contributed by atoms with Crippen LogP contribution in [0.25, 0.3) is 11.0 Å². The average molecular weight is 207 g/mol. The van der Waals surface area contributed by atoms with Gasteiger partial charge in [-0.25, -0.2) is 4.98 Å². The molecule has 2 nitrogen and oxygen atoms in total. The second-order valence-corrected chi connectivity index (χ2v) is 4.19. The molecule has 0 spiro atoms. The third kappa shape index (κ3) is 1.14. The first-order chi connectivity index (χ1) is 6.84. The van der Waals surface area contributed by atoms with E-state index in [1.807, 2.05) is 0 Å². The molecule has 3 rings (SSSR count). The lowest BCUT2D eigenvalue weighted by atomic mass is 9.91. The van der Waals surface area contributed by atoms with Crippen LogP contribution in [0.2, 0.25) is 5.28 Å². The Labute approximate surface area is 87.3 Å². The van der Waals surface area contributed by atoms with Crippen molar-refractivity contribution in [2.45, 2.75) is 25.7 Å². The molecular formula is C11H11ClN2. The quantitative estimate of drug-likeness (QED) is 0.705. The molecule has 0 saturated carbocycles. The van der Waals surface area contributed by atoms with Gasteiger partial charge in [-0.05, 0) is 54.5 Å². The van der Waals surface area contributed by atoms with E-state index in [9.17, 15) is 0 Å². The van der Waals surface area contributed by atoms with Crippen molar-refractivity contribution in [2.24, 2.45) is 0 Å². The van der Waals surface area contributed by atoms with E-state index in [0.29, 0.717) is 5.28 Å². The van der Waals surface area contributed by atoms with Crippen LogP contribution in [0.1, 0.15) is 24.0 Å². The van der Waals surface area contributed by atoms with Crippen molar-refractivity contribution in [3.05, 3.63) is 28.5 Å². The second-order valence-electron chi connectivity index (χ2n) is 3.83. The Morgan fingerprint density at radius 2 is 2.07 bits per heavy atom. The van der Waals surface area contributed by atoms with E-state index in [4.69, 9.17) is 11.6 Å². The molecule has 1 aromatic carbocycles. The van der Waals surface area contributed by atoms with Crippen molar-refractivity contribution in [1.82, 2.24) is 9.97 Å². The summed E-state index contributed by atoms with van der Waals surface area (Å²) >= 11 is 5.86. The largest absolute Gasteiger partial charge is 0.329 e. The highest BCUT2D eigenvalue weighted by atomic mass is 35.5. The maximum atomic E-state index is 5.86. The lowest BCUT2D eigenvalue weighted by Crippen LogP contribution is -2.02. The van der Waals surface area contributed by atoms with Crippen LogP contribution in [-0.2, 0) is 12.8 Å². The van der Waals surface area contributed by atoms with Crippen LogP contribution in [0.4, 0.5) is 0 Å². The van der Waals surface area contributed by atoms with Gasteiger partial charge in [0.25, 0.3) is 0 Å². The van der Waals surface area contributed by atoms with Crippen molar-refractivity contribution >= 4 is 22.6 Å². The fourth-order valence-corrected chi connectivity index (χ4v) is 2.46. The van der Waals surface area contributed by atoms with Crippen LogP contribution in [0.15, 0.2) is 12.1 Å². The van der Waals surface area contributed by atoms with Crippen LogP contribution in [0, 0.1) is 0 Å². The molecule has 1 heterocycles. The van der Waals surface area contributed by atoms with E-state index in [1.54, 1.807) is 0 Å². The molecule has 3 heteroatoms. The van der Waals surface area contributed by atoms with Crippen LogP contribution in [0.5, 0.6) is 0 Å².